The lowest BCUT2D eigenvalue weighted by atomic mass is 9.80. The third kappa shape index (κ3) is 3.03. The summed E-state index contributed by atoms with van der Waals surface area (Å²) >= 11 is 12.6. The van der Waals surface area contributed by atoms with Crippen LogP contribution in [0.5, 0.6) is 0 Å². The predicted molar refractivity (Wildman–Crippen MR) is 79.7 cm³/mol. The highest BCUT2D eigenvalue weighted by Crippen LogP contribution is 2.35. The Morgan fingerprint density at radius 2 is 1.78 bits per heavy atom. The van der Waals surface area contributed by atoms with Gasteiger partial charge in [-0.2, -0.15) is 5.10 Å². The van der Waals surface area contributed by atoms with Crippen molar-refractivity contribution >= 4 is 23.2 Å². The molecule has 0 atom stereocenters. The predicted octanol–water partition coefficient (Wildman–Crippen LogP) is 4.71. The summed E-state index contributed by atoms with van der Waals surface area (Å²) in [6.45, 7) is 9.46. The van der Waals surface area contributed by atoms with E-state index < -0.39 is 0 Å². The number of nitrogens with zero attached hydrogens (tertiary/aromatic N) is 2. The zero-order valence-electron chi connectivity index (χ0n) is 11.9. The van der Waals surface area contributed by atoms with Gasteiger partial charge in [-0.1, -0.05) is 32.4 Å². The first-order chi connectivity index (χ1) is 8.57. The van der Waals surface area contributed by atoms with E-state index in [1.807, 2.05) is 4.68 Å². The molecule has 0 N–H and O–H groups in total. The molecule has 1 aromatic rings. The minimum atomic E-state index is 0.142. The number of aromatic nitrogens is 2. The lowest BCUT2D eigenvalue weighted by molar-refractivity contribution is 0.293. The Morgan fingerprint density at radius 3 is 2.17 bits per heavy atom. The lowest BCUT2D eigenvalue weighted by Gasteiger charge is -2.29. The highest BCUT2D eigenvalue weighted by atomic mass is 35.5. The normalized spacial score (nSPS) is 12.1. The third-order valence-corrected chi connectivity index (χ3v) is 5.02. The first kappa shape index (κ1) is 15.8. The van der Waals surface area contributed by atoms with Gasteiger partial charge in [0.1, 0.15) is 0 Å². The van der Waals surface area contributed by atoms with Crippen molar-refractivity contribution in [3.8, 4) is 0 Å². The van der Waals surface area contributed by atoms with E-state index in [0.717, 1.165) is 48.6 Å². The first-order valence-corrected chi connectivity index (χ1v) is 7.78. The maximum absolute atomic E-state index is 6.46. The van der Waals surface area contributed by atoms with Gasteiger partial charge in [-0.05, 0) is 38.0 Å². The van der Waals surface area contributed by atoms with Gasteiger partial charge in [0.15, 0.2) is 0 Å². The summed E-state index contributed by atoms with van der Waals surface area (Å²) in [5.41, 5.74) is 2.30. The summed E-state index contributed by atoms with van der Waals surface area (Å²) < 4.78 is 2.04. The molecule has 1 rings (SSSR count). The van der Waals surface area contributed by atoms with Crippen molar-refractivity contribution in [2.75, 3.05) is 5.88 Å². The van der Waals surface area contributed by atoms with Gasteiger partial charge < -0.3 is 0 Å². The van der Waals surface area contributed by atoms with Gasteiger partial charge in [-0.25, -0.2) is 0 Å². The molecule has 0 fully saturated rings. The molecule has 0 saturated heterocycles. The maximum atomic E-state index is 6.46. The van der Waals surface area contributed by atoms with Gasteiger partial charge in [-0.3, -0.25) is 4.68 Å². The molecule has 2 nitrogen and oxygen atoms in total. The van der Waals surface area contributed by atoms with Crippen LogP contribution in [0.2, 0.25) is 5.02 Å². The molecule has 0 bridgehead atoms. The SMILES string of the molecule is CCc1nn(CC)c(CC(CC)(CC)CCl)c1Cl. The van der Waals surface area contributed by atoms with E-state index in [1.54, 1.807) is 0 Å². The molecular weight excluding hydrogens is 267 g/mol. The third-order valence-electron chi connectivity index (χ3n) is 4.02. The fraction of sp³-hybridized carbons (Fsp3) is 0.786. The lowest BCUT2D eigenvalue weighted by Crippen LogP contribution is -2.25. The Labute approximate surface area is 121 Å². The second-order valence-electron chi connectivity index (χ2n) is 4.89. The molecule has 0 radical (unpaired) electrons. The largest absolute Gasteiger partial charge is 0.268 e. The van der Waals surface area contributed by atoms with Gasteiger partial charge in [0.2, 0.25) is 0 Å². The Balaban J connectivity index is 3.12. The molecule has 104 valence electrons. The Bertz CT molecular complexity index is 373. The summed E-state index contributed by atoms with van der Waals surface area (Å²) in [4.78, 5) is 0. The zero-order chi connectivity index (χ0) is 13.8. The highest BCUT2D eigenvalue weighted by molar-refractivity contribution is 6.31. The Kier molecular flexibility index (Phi) is 6.00. The van der Waals surface area contributed by atoms with Crippen molar-refractivity contribution in [1.82, 2.24) is 9.78 Å². The molecule has 18 heavy (non-hydrogen) atoms. The van der Waals surface area contributed by atoms with Gasteiger partial charge in [0, 0.05) is 12.4 Å². The second-order valence-corrected chi connectivity index (χ2v) is 5.54. The van der Waals surface area contributed by atoms with Gasteiger partial charge in [-0.15, -0.1) is 11.6 Å². The molecule has 0 aliphatic rings. The van der Waals surface area contributed by atoms with E-state index in [4.69, 9.17) is 23.2 Å². The summed E-state index contributed by atoms with van der Waals surface area (Å²) in [6, 6.07) is 0. The topological polar surface area (TPSA) is 17.8 Å². The molecule has 0 unspecified atom stereocenters. The molecule has 0 amide bonds. The quantitative estimate of drug-likeness (QED) is 0.665. The van der Waals surface area contributed by atoms with Gasteiger partial charge in [0.05, 0.1) is 16.4 Å². The van der Waals surface area contributed by atoms with Crippen molar-refractivity contribution in [3.63, 3.8) is 0 Å². The number of alkyl halides is 1. The number of rotatable bonds is 7. The Morgan fingerprint density at radius 1 is 1.17 bits per heavy atom. The summed E-state index contributed by atoms with van der Waals surface area (Å²) in [7, 11) is 0. The van der Waals surface area contributed by atoms with Crippen LogP contribution < -0.4 is 0 Å². The average molecular weight is 291 g/mol. The van der Waals surface area contributed by atoms with Crippen molar-refractivity contribution < 1.29 is 0 Å². The van der Waals surface area contributed by atoms with Crippen LogP contribution in [0.4, 0.5) is 0 Å². The van der Waals surface area contributed by atoms with Crippen LogP contribution in [-0.2, 0) is 19.4 Å². The maximum Gasteiger partial charge on any atom is 0.0850 e. The molecule has 0 saturated carbocycles. The molecule has 0 aromatic carbocycles. The molecule has 0 spiro atoms. The van der Waals surface area contributed by atoms with E-state index in [9.17, 15) is 0 Å². The zero-order valence-corrected chi connectivity index (χ0v) is 13.4. The van der Waals surface area contributed by atoms with Crippen molar-refractivity contribution in [2.45, 2.75) is 59.9 Å². The van der Waals surface area contributed by atoms with Crippen LogP contribution in [0, 0.1) is 5.41 Å². The van der Waals surface area contributed by atoms with Crippen LogP contribution in [0.3, 0.4) is 0 Å². The number of hydrogen-bond acceptors (Lipinski definition) is 1. The van der Waals surface area contributed by atoms with Crippen LogP contribution in [0.15, 0.2) is 0 Å². The fourth-order valence-corrected chi connectivity index (χ4v) is 3.09. The van der Waals surface area contributed by atoms with Crippen LogP contribution >= 0.6 is 23.2 Å². The van der Waals surface area contributed by atoms with Gasteiger partial charge in [0.25, 0.3) is 0 Å². The Hall–Kier alpha value is -0.210. The summed E-state index contributed by atoms with van der Waals surface area (Å²) in [5, 5.41) is 5.42. The molecule has 0 aliphatic heterocycles. The first-order valence-electron chi connectivity index (χ1n) is 6.87. The minimum Gasteiger partial charge on any atom is -0.268 e. The van der Waals surface area contributed by atoms with E-state index in [2.05, 4.69) is 32.8 Å². The molecule has 4 heteroatoms. The smallest absolute Gasteiger partial charge is 0.0850 e. The average Bonchev–Trinajstić information content (AvgIpc) is 2.72. The van der Waals surface area contributed by atoms with E-state index >= 15 is 0 Å². The molecular formula is C14H24Cl2N2. The van der Waals surface area contributed by atoms with Crippen molar-refractivity contribution in [3.05, 3.63) is 16.4 Å². The van der Waals surface area contributed by atoms with E-state index in [-0.39, 0.29) is 5.41 Å². The molecule has 0 aliphatic carbocycles. The van der Waals surface area contributed by atoms with E-state index in [0.29, 0.717) is 5.88 Å². The van der Waals surface area contributed by atoms with Gasteiger partial charge >= 0.3 is 0 Å². The second kappa shape index (κ2) is 6.81. The number of aryl methyl sites for hydroxylation is 2. The standard InChI is InChI=1S/C14H24Cl2N2/c1-5-11-13(16)12(18(8-4)17-11)9-14(6-2,7-3)10-15/h5-10H2,1-4H3. The monoisotopic (exact) mass is 290 g/mol. The minimum absolute atomic E-state index is 0.142. The van der Waals surface area contributed by atoms with E-state index in [1.165, 1.54) is 0 Å². The fourth-order valence-electron chi connectivity index (χ4n) is 2.28. The van der Waals surface area contributed by atoms with Crippen molar-refractivity contribution in [1.29, 1.82) is 0 Å². The number of hydrogen-bond donors (Lipinski definition) is 0. The number of halogens is 2. The highest BCUT2D eigenvalue weighted by Gasteiger charge is 2.29. The van der Waals surface area contributed by atoms with Crippen LogP contribution in [0.25, 0.3) is 0 Å². The van der Waals surface area contributed by atoms with Crippen LogP contribution in [-0.4, -0.2) is 15.7 Å². The molecule has 1 heterocycles. The molecule has 1 aromatic heterocycles. The summed E-state index contributed by atoms with van der Waals surface area (Å²) in [6.07, 6.45) is 3.94. The van der Waals surface area contributed by atoms with Crippen molar-refractivity contribution in [2.24, 2.45) is 5.41 Å². The van der Waals surface area contributed by atoms with Crippen LogP contribution in [0.1, 0.15) is 51.9 Å². The summed E-state index contributed by atoms with van der Waals surface area (Å²) in [5.74, 6) is 0.673.